The van der Waals surface area contributed by atoms with Crippen LogP contribution < -0.4 is 10.2 Å². The molecule has 9 heteroatoms. The number of piperazine rings is 1. The van der Waals surface area contributed by atoms with Crippen LogP contribution in [0.1, 0.15) is 16.1 Å². The van der Waals surface area contributed by atoms with E-state index in [9.17, 15) is 13.2 Å². The minimum absolute atomic E-state index is 0.0992. The molecule has 1 atom stereocenters. The third-order valence-electron chi connectivity index (χ3n) is 4.24. The van der Waals surface area contributed by atoms with Crippen molar-refractivity contribution in [2.75, 3.05) is 43.9 Å². The molecule has 130 valence electrons. The predicted octanol–water partition coefficient (Wildman–Crippen LogP) is -0.423. The van der Waals surface area contributed by atoms with E-state index >= 15 is 0 Å². The molecule has 8 nitrogen and oxygen atoms in total. The summed E-state index contributed by atoms with van der Waals surface area (Å²) >= 11 is 0. The summed E-state index contributed by atoms with van der Waals surface area (Å²) in [6.07, 6.45) is 3.00. The number of hydrogen-bond acceptors (Lipinski definition) is 7. The number of carbonyl (C=O) groups excluding carboxylic acids is 1. The molecule has 0 saturated carbocycles. The van der Waals surface area contributed by atoms with E-state index in [-0.39, 0.29) is 11.7 Å². The van der Waals surface area contributed by atoms with Crippen molar-refractivity contribution in [3.8, 4) is 0 Å². The minimum Gasteiger partial charge on any atom is -0.345 e. The van der Waals surface area contributed by atoms with Crippen LogP contribution in [0, 0.1) is 6.92 Å². The molecule has 3 heterocycles. The van der Waals surface area contributed by atoms with Crippen LogP contribution in [0.15, 0.2) is 17.7 Å². The zero-order chi connectivity index (χ0) is 17.3. The van der Waals surface area contributed by atoms with Crippen LogP contribution in [0.3, 0.4) is 0 Å². The third-order valence-corrected chi connectivity index (χ3v) is 5.64. The topological polar surface area (TPSA) is 95.5 Å². The van der Waals surface area contributed by atoms with E-state index in [2.05, 4.69) is 32.1 Å². The lowest BCUT2D eigenvalue weighted by Crippen LogP contribution is -2.45. The fraction of sp³-hybridized carbons (Fsp3) is 0.533. The fourth-order valence-electron chi connectivity index (χ4n) is 2.75. The van der Waals surface area contributed by atoms with Crippen molar-refractivity contribution >= 4 is 21.7 Å². The van der Waals surface area contributed by atoms with Gasteiger partial charge in [-0.2, -0.15) is 0 Å². The summed E-state index contributed by atoms with van der Waals surface area (Å²) in [5, 5.41) is 3.83. The molecule has 1 amide bonds. The molecule has 3 rings (SSSR count). The smallest absolute Gasteiger partial charge is 0.255 e. The number of likely N-dealkylation sites (N-methyl/N-ethyl adjacent to an activating group) is 1. The van der Waals surface area contributed by atoms with Crippen LogP contribution in [0.4, 0.5) is 5.95 Å². The number of carbonyl (C=O) groups is 1. The first-order valence-electron chi connectivity index (χ1n) is 7.83. The first-order chi connectivity index (χ1) is 11.3. The Morgan fingerprint density at radius 1 is 1.29 bits per heavy atom. The monoisotopic (exact) mass is 351 g/mol. The van der Waals surface area contributed by atoms with Crippen molar-refractivity contribution in [1.82, 2.24) is 20.2 Å². The summed E-state index contributed by atoms with van der Waals surface area (Å²) in [5.74, 6) is 0.169. The van der Waals surface area contributed by atoms with Crippen LogP contribution in [-0.4, -0.2) is 74.2 Å². The molecular formula is C15H21N5O3S. The van der Waals surface area contributed by atoms with E-state index in [1.807, 2.05) is 0 Å². The first-order valence-corrected chi connectivity index (χ1v) is 9.54. The zero-order valence-corrected chi connectivity index (χ0v) is 14.6. The SMILES string of the molecule is Cc1nc(N2CCN(C)CC2)ncc1C(=O)N[C@@H]1C=CS(=O)(=O)C1. The van der Waals surface area contributed by atoms with Crippen LogP contribution in [0.25, 0.3) is 0 Å². The van der Waals surface area contributed by atoms with Crippen LogP contribution in [-0.2, 0) is 9.84 Å². The van der Waals surface area contributed by atoms with Crippen LogP contribution in [0.5, 0.6) is 0 Å². The molecule has 0 aliphatic carbocycles. The normalized spacial score (nSPS) is 23.4. The Kier molecular flexibility index (Phi) is 4.55. The summed E-state index contributed by atoms with van der Waals surface area (Å²) in [4.78, 5) is 25.4. The molecule has 1 N–H and O–H groups in total. The number of aromatic nitrogens is 2. The maximum Gasteiger partial charge on any atom is 0.255 e. The van der Waals surface area contributed by atoms with Gasteiger partial charge >= 0.3 is 0 Å². The number of aryl methyl sites for hydroxylation is 1. The molecule has 1 saturated heterocycles. The van der Waals surface area contributed by atoms with Gasteiger partial charge in [0.25, 0.3) is 5.91 Å². The van der Waals surface area contributed by atoms with E-state index in [0.717, 1.165) is 31.6 Å². The summed E-state index contributed by atoms with van der Waals surface area (Å²) in [7, 11) is -1.12. The maximum absolute atomic E-state index is 12.3. The molecule has 0 spiro atoms. The highest BCUT2D eigenvalue weighted by molar-refractivity contribution is 7.94. The maximum atomic E-state index is 12.3. The number of nitrogens with zero attached hydrogens (tertiary/aromatic N) is 4. The fourth-order valence-corrected chi connectivity index (χ4v) is 3.98. The molecule has 0 radical (unpaired) electrons. The van der Waals surface area contributed by atoms with Gasteiger partial charge in [0.05, 0.1) is 23.1 Å². The van der Waals surface area contributed by atoms with E-state index in [4.69, 9.17) is 0 Å². The quantitative estimate of drug-likeness (QED) is 0.790. The average molecular weight is 351 g/mol. The number of nitrogens with one attached hydrogen (secondary N) is 1. The summed E-state index contributed by atoms with van der Waals surface area (Å²) in [6, 6.07) is -0.501. The van der Waals surface area contributed by atoms with E-state index in [1.54, 1.807) is 6.92 Å². The van der Waals surface area contributed by atoms with Crippen LogP contribution in [0.2, 0.25) is 0 Å². The molecule has 2 aliphatic heterocycles. The van der Waals surface area contributed by atoms with Gasteiger partial charge in [0.15, 0.2) is 9.84 Å². The number of hydrogen-bond donors (Lipinski definition) is 1. The zero-order valence-electron chi connectivity index (χ0n) is 13.8. The van der Waals surface area contributed by atoms with Gasteiger partial charge in [-0.3, -0.25) is 4.79 Å². The van der Waals surface area contributed by atoms with Gasteiger partial charge in [-0.15, -0.1) is 0 Å². The van der Waals surface area contributed by atoms with Gasteiger partial charge < -0.3 is 15.1 Å². The second-order valence-electron chi connectivity index (χ2n) is 6.20. The van der Waals surface area contributed by atoms with Crippen molar-refractivity contribution < 1.29 is 13.2 Å². The van der Waals surface area contributed by atoms with Gasteiger partial charge in [-0.05, 0) is 20.0 Å². The van der Waals surface area contributed by atoms with Gasteiger partial charge in [0, 0.05) is 37.8 Å². The van der Waals surface area contributed by atoms with Crippen molar-refractivity contribution in [1.29, 1.82) is 0 Å². The number of anilines is 1. The molecule has 1 aromatic heterocycles. The first kappa shape index (κ1) is 16.8. The summed E-state index contributed by atoms with van der Waals surface area (Å²) < 4.78 is 22.8. The molecule has 0 aromatic carbocycles. The Balaban J connectivity index is 1.68. The van der Waals surface area contributed by atoms with Crippen molar-refractivity contribution in [3.05, 3.63) is 28.9 Å². The Hall–Kier alpha value is -2.00. The largest absolute Gasteiger partial charge is 0.345 e. The average Bonchev–Trinajstić information content (AvgIpc) is 2.86. The highest BCUT2D eigenvalue weighted by atomic mass is 32.2. The number of amides is 1. The van der Waals surface area contributed by atoms with E-state index in [1.165, 1.54) is 12.3 Å². The van der Waals surface area contributed by atoms with Crippen LogP contribution >= 0.6 is 0 Å². The predicted molar refractivity (Wildman–Crippen MR) is 90.7 cm³/mol. The third kappa shape index (κ3) is 3.73. The van der Waals surface area contributed by atoms with E-state index < -0.39 is 15.9 Å². The van der Waals surface area contributed by atoms with Gasteiger partial charge in [-0.25, -0.2) is 18.4 Å². The molecule has 24 heavy (non-hydrogen) atoms. The lowest BCUT2D eigenvalue weighted by atomic mass is 10.2. The number of sulfone groups is 1. The van der Waals surface area contributed by atoms with Crippen molar-refractivity contribution in [2.45, 2.75) is 13.0 Å². The molecule has 0 unspecified atom stereocenters. The Morgan fingerprint density at radius 2 is 2.00 bits per heavy atom. The van der Waals surface area contributed by atoms with Gasteiger partial charge in [0.1, 0.15) is 0 Å². The standard InChI is InChI=1S/C15H21N5O3S/c1-11-13(14(21)18-12-3-8-24(22,23)10-12)9-16-15(17-11)20-6-4-19(2)5-7-20/h3,8-9,12H,4-7,10H2,1-2H3,(H,18,21)/t12-/m1/s1. The second-order valence-corrected chi connectivity index (χ2v) is 8.13. The summed E-state index contributed by atoms with van der Waals surface area (Å²) in [5.41, 5.74) is 0.951. The molecule has 0 bridgehead atoms. The highest BCUT2D eigenvalue weighted by Crippen LogP contribution is 2.14. The Labute approximate surface area is 141 Å². The Bertz CT molecular complexity index is 769. The van der Waals surface area contributed by atoms with Gasteiger partial charge in [0.2, 0.25) is 5.95 Å². The Morgan fingerprint density at radius 3 is 2.58 bits per heavy atom. The highest BCUT2D eigenvalue weighted by Gasteiger charge is 2.25. The lowest BCUT2D eigenvalue weighted by molar-refractivity contribution is 0.0946. The van der Waals surface area contributed by atoms with E-state index in [0.29, 0.717) is 17.2 Å². The molecule has 2 aliphatic rings. The molecule has 1 aromatic rings. The molecular weight excluding hydrogens is 330 g/mol. The van der Waals surface area contributed by atoms with Crippen molar-refractivity contribution in [2.24, 2.45) is 0 Å². The van der Waals surface area contributed by atoms with Crippen molar-refractivity contribution in [3.63, 3.8) is 0 Å². The van der Waals surface area contributed by atoms with Gasteiger partial charge in [-0.1, -0.05) is 0 Å². The molecule has 1 fully saturated rings. The second kappa shape index (κ2) is 6.48. The number of rotatable bonds is 3. The minimum atomic E-state index is -3.20. The summed E-state index contributed by atoms with van der Waals surface area (Å²) in [6.45, 7) is 5.37. The lowest BCUT2D eigenvalue weighted by Gasteiger charge is -2.32.